The van der Waals surface area contributed by atoms with Crippen LogP contribution in [0.5, 0.6) is 0 Å². The van der Waals surface area contributed by atoms with Gasteiger partial charge < -0.3 is 38.7 Å². The number of aliphatic carboxylic acids is 1. The molecule has 0 aliphatic rings. The number of guanidine groups is 1. The summed E-state index contributed by atoms with van der Waals surface area (Å²) in [4.78, 5) is 50.7. The van der Waals surface area contributed by atoms with Crippen LogP contribution in [0.2, 0.25) is 0 Å². The molecule has 0 aromatic heterocycles. The quantitative estimate of drug-likeness (QED) is 0.0975. The van der Waals surface area contributed by atoms with Gasteiger partial charge in [-0.25, -0.2) is 4.79 Å². The van der Waals surface area contributed by atoms with Crippen LogP contribution in [-0.4, -0.2) is 59.4 Å². The second-order valence-electron chi connectivity index (χ2n) is 6.82. The van der Waals surface area contributed by atoms with E-state index in [1.54, 1.807) is 0 Å². The average molecular weight is 401 g/mol. The van der Waals surface area contributed by atoms with Crippen molar-refractivity contribution in [3.8, 4) is 0 Å². The van der Waals surface area contributed by atoms with Gasteiger partial charge in [-0.05, 0) is 25.2 Å². The minimum atomic E-state index is -1.22. The first kappa shape index (κ1) is 25.1. The Hall–Kier alpha value is -2.89. The number of carboxylic acid groups (broad SMARTS) is 1. The number of carbonyl (C=O) groups is 4. The lowest BCUT2D eigenvalue weighted by atomic mass is 10.0. The number of carboxylic acids is 1. The molecule has 11 N–H and O–H groups in total. The zero-order valence-electron chi connectivity index (χ0n) is 16.2. The van der Waals surface area contributed by atoms with Gasteiger partial charge in [0, 0.05) is 6.54 Å². The number of rotatable bonds is 13. The van der Waals surface area contributed by atoms with Gasteiger partial charge in [0.25, 0.3) is 0 Å². The summed E-state index contributed by atoms with van der Waals surface area (Å²) in [5.74, 6) is -3.45. The predicted octanol–water partition coefficient (Wildman–Crippen LogP) is -2.66. The molecule has 0 aromatic rings. The summed E-state index contributed by atoms with van der Waals surface area (Å²) in [6.45, 7) is 3.88. The van der Waals surface area contributed by atoms with Crippen LogP contribution in [-0.2, 0) is 19.2 Å². The van der Waals surface area contributed by atoms with Gasteiger partial charge in [-0.2, -0.15) is 0 Å². The molecular formula is C16H31N7O5. The molecule has 3 unspecified atom stereocenters. The number of hydrogen-bond acceptors (Lipinski definition) is 6. The molecule has 0 fully saturated rings. The Morgan fingerprint density at radius 1 is 1.00 bits per heavy atom. The molecule has 0 heterocycles. The highest BCUT2D eigenvalue weighted by atomic mass is 16.4. The van der Waals surface area contributed by atoms with Gasteiger partial charge >= 0.3 is 5.97 Å². The summed E-state index contributed by atoms with van der Waals surface area (Å²) in [7, 11) is 0. The van der Waals surface area contributed by atoms with Crippen LogP contribution in [0.4, 0.5) is 0 Å². The molecule has 0 bridgehead atoms. The molecule has 0 saturated heterocycles. The average Bonchev–Trinajstić information content (AvgIpc) is 2.55. The maximum atomic E-state index is 12.5. The lowest BCUT2D eigenvalue weighted by Crippen LogP contribution is -2.55. The number of nitrogens with one attached hydrogen (secondary N) is 2. The standard InChI is InChI=1S/C16H31N7O5/c1-8(2)6-11(23-13(25)9(17)7-12(18)24)14(26)22-10(15(27)28)4-3-5-21-16(19)20/h8-11H,3-7,17H2,1-2H3,(H2,18,24)(H,22,26)(H,23,25)(H,27,28)(H4,19,20,21). The highest BCUT2D eigenvalue weighted by molar-refractivity contribution is 5.93. The zero-order valence-corrected chi connectivity index (χ0v) is 16.2. The molecule has 0 spiro atoms. The summed E-state index contributed by atoms with van der Waals surface area (Å²) in [5.41, 5.74) is 21.0. The van der Waals surface area contributed by atoms with E-state index in [1.165, 1.54) is 0 Å². The smallest absolute Gasteiger partial charge is 0.326 e. The molecule has 0 aliphatic heterocycles. The summed E-state index contributed by atoms with van der Waals surface area (Å²) in [6, 6.07) is -3.38. The monoisotopic (exact) mass is 401 g/mol. The van der Waals surface area contributed by atoms with E-state index >= 15 is 0 Å². The lowest BCUT2D eigenvalue weighted by molar-refractivity contribution is -0.142. The van der Waals surface area contributed by atoms with E-state index in [0.717, 1.165) is 0 Å². The SMILES string of the molecule is CC(C)CC(NC(=O)C(N)CC(N)=O)C(=O)NC(CCCN=C(N)N)C(=O)O. The van der Waals surface area contributed by atoms with Crippen molar-refractivity contribution in [2.75, 3.05) is 6.54 Å². The molecule has 3 amide bonds. The zero-order chi connectivity index (χ0) is 21.9. The highest BCUT2D eigenvalue weighted by Gasteiger charge is 2.28. The fourth-order valence-electron chi connectivity index (χ4n) is 2.32. The fraction of sp³-hybridized carbons (Fsp3) is 0.688. The summed E-state index contributed by atoms with van der Waals surface area (Å²) in [5, 5.41) is 14.2. The lowest BCUT2D eigenvalue weighted by Gasteiger charge is -2.24. The van der Waals surface area contributed by atoms with Crippen molar-refractivity contribution in [3.05, 3.63) is 0 Å². The molecule has 0 aliphatic carbocycles. The Morgan fingerprint density at radius 2 is 1.57 bits per heavy atom. The largest absolute Gasteiger partial charge is 0.480 e. The van der Waals surface area contributed by atoms with Crippen molar-refractivity contribution in [1.29, 1.82) is 0 Å². The highest BCUT2D eigenvalue weighted by Crippen LogP contribution is 2.07. The van der Waals surface area contributed by atoms with Crippen molar-refractivity contribution in [2.24, 2.45) is 33.8 Å². The maximum absolute atomic E-state index is 12.5. The molecule has 0 aromatic carbocycles. The van der Waals surface area contributed by atoms with Crippen LogP contribution in [0.15, 0.2) is 4.99 Å². The van der Waals surface area contributed by atoms with Crippen LogP contribution in [0.1, 0.15) is 39.5 Å². The van der Waals surface area contributed by atoms with Crippen LogP contribution in [0.25, 0.3) is 0 Å². The summed E-state index contributed by atoms with van der Waals surface area (Å²) < 4.78 is 0. The van der Waals surface area contributed by atoms with Gasteiger partial charge in [-0.15, -0.1) is 0 Å². The Morgan fingerprint density at radius 3 is 2.04 bits per heavy atom. The number of primary amides is 1. The van der Waals surface area contributed by atoms with Gasteiger partial charge in [0.2, 0.25) is 17.7 Å². The Balaban J connectivity index is 5.00. The Labute approximate surface area is 163 Å². The number of amides is 3. The van der Waals surface area contributed by atoms with Gasteiger partial charge in [-0.1, -0.05) is 13.8 Å². The van der Waals surface area contributed by atoms with Crippen molar-refractivity contribution < 1.29 is 24.3 Å². The van der Waals surface area contributed by atoms with E-state index in [1.807, 2.05) is 13.8 Å². The molecule has 0 rings (SSSR count). The molecular weight excluding hydrogens is 370 g/mol. The van der Waals surface area contributed by atoms with E-state index in [0.29, 0.717) is 6.42 Å². The van der Waals surface area contributed by atoms with E-state index < -0.39 is 41.8 Å². The van der Waals surface area contributed by atoms with E-state index in [-0.39, 0.29) is 37.7 Å². The first-order valence-electron chi connectivity index (χ1n) is 8.86. The van der Waals surface area contributed by atoms with Gasteiger partial charge in [0.15, 0.2) is 5.96 Å². The summed E-state index contributed by atoms with van der Waals surface area (Å²) in [6.07, 6.45) is 0.312. The first-order chi connectivity index (χ1) is 12.9. The molecule has 28 heavy (non-hydrogen) atoms. The topological polar surface area (TPSA) is 229 Å². The number of carbonyl (C=O) groups excluding carboxylic acids is 3. The molecule has 0 saturated carbocycles. The van der Waals surface area contributed by atoms with E-state index in [9.17, 15) is 24.3 Å². The minimum Gasteiger partial charge on any atom is -0.480 e. The van der Waals surface area contributed by atoms with Crippen molar-refractivity contribution >= 4 is 29.7 Å². The van der Waals surface area contributed by atoms with Crippen molar-refractivity contribution in [2.45, 2.75) is 57.7 Å². The normalized spacial score (nSPS) is 13.9. The molecule has 12 heteroatoms. The third-order valence-electron chi connectivity index (χ3n) is 3.66. The number of nitrogens with zero attached hydrogens (tertiary/aromatic N) is 1. The van der Waals surface area contributed by atoms with Crippen molar-refractivity contribution in [1.82, 2.24) is 10.6 Å². The third kappa shape index (κ3) is 11.0. The fourth-order valence-corrected chi connectivity index (χ4v) is 2.32. The minimum absolute atomic E-state index is 0.0218. The van der Waals surface area contributed by atoms with Crippen molar-refractivity contribution in [3.63, 3.8) is 0 Å². The predicted molar refractivity (Wildman–Crippen MR) is 103 cm³/mol. The Bertz CT molecular complexity index is 590. The van der Waals surface area contributed by atoms with Crippen LogP contribution in [0.3, 0.4) is 0 Å². The first-order valence-corrected chi connectivity index (χ1v) is 8.86. The molecule has 3 atom stereocenters. The molecule has 0 radical (unpaired) electrons. The third-order valence-corrected chi connectivity index (χ3v) is 3.66. The number of hydrogen-bond donors (Lipinski definition) is 7. The molecule has 160 valence electrons. The van der Waals surface area contributed by atoms with Crippen LogP contribution in [0, 0.1) is 5.92 Å². The second kappa shape index (κ2) is 12.5. The number of nitrogens with two attached hydrogens (primary N) is 4. The van der Waals surface area contributed by atoms with Crippen LogP contribution >= 0.6 is 0 Å². The van der Waals surface area contributed by atoms with E-state index in [2.05, 4.69) is 15.6 Å². The second-order valence-corrected chi connectivity index (χ2v) is 6.82. The summed E-state index contributed by atoms with van der Waals surface area (Å²) >= 11 is 0. The molecule has 12 nitrogen and oxygen atoms in total. The Kier molecular flexibility index (Phi) is 11.2. The van der Waals surface area contributed by atoms with Gasteiger partial charge in [0.1, 0.15) is 12.1 Å². The van der Waals surface area contributed by atoms with E-state index in [4.69, 9.17) is 22.9 Å². The van der Waals surface area contributed by atoms with Crippen LogP contribution < -0.4 is 33.6 Å². The van der Waals surface area contributed by atoms with Gasteiger partial charge in [-0.3, -0.25) is 19.4 Å². The van der Waals surface area contributed by atoms with Gasteiger partial charge in [0.05, 0.1) is 12.5 Å². The number of aliphatic imine (C=N–C) groups is 1. The maximum Gasteiger partial charge on any atom is 0.326 e.